The van der Waals surface area contributed by atoms with Gasteiger partial charge in [0.15, 0.2) is 11.3 Å². The van der Waals surface area contributed by atoms with Crippen molar-refractivity contribution < 1.29 is 19.1 Å². The summed E-state index contributed by atoms with van der Waals surface area (Å²) >= 11 is 0. The van der Waals surface area contributed by atoms with Crippen LogP contribution in [0.5, 0.6) is 5.75 Å². The highest BCUT2D eigenvalue weighted by Crippen LogP contribution is 2.33. The Hall–Kier alpha value is -1.97. The van der Waals surface area contributed by atoms with Gasteiger partial charge in [-0.15, -0.1) is 0 Å². The number of aryl methyl sites for hydroxylation is 1. The molecule has 19 heavy (non-hydrogen) atoms. The van der Waals surface area contributed by atoms with Crippen LogP contribution < -0.4 is 4.74 Å². The molecule has 1 aromatic heterocycles. The van der Waals surface area contributed by atoms with Crippen molar-refractivity contribution in [1.82, 2.24) is 0 Å². The number of hydrogen-bond donors (Lipinski definition) is 1. The second-order valence-corrected chi connectivity index (χ2v) is 4.45. The first-order chi connectivity index (χ1) is 9.19. The molecule has 2 aromatic rings. The number of fused-ring (bicyclic) bond motifs is 1. The zero-order valence-corrected chi connectivity index (χ0v) is 11.2. The first-order valence-electron chi connectivity index (χ1n) is 6.59. The molecule has 0 bridgehead atoms. The fourth-order valence-electron chi connectivity index (χ4n) is 2.14. The first kappa shape index (κ1) is 13.5. The number of carboxylic acids is 1. The predicted molar refractivity (Wildman–Crippen MR) is 73.0 cm³/mol. The monoisotopic (exact) mass is 262 g/mol. The Morgan fingerprint density at radius 3 is 2.74 bits per heavy atom. The third-order valence-electron chi connectivity index (χ3n) is 2.94. The van der Waals surface area contributed by atoms with Crippen LogP contribution in [0, 0.1) is 0 Å². The van der Waals surface area contributed by atoms with Gasteiger partial charge in [0.1, 0.15) is 0 Å². The van der Waals surface area contributed by atoms with E-state index in [1.165, 1.54) is 0 Å². The van der Waals surface area contributed by atoms with Gasteiger partial charge in [-0.1, -0.05) is 32.4 Å². The van der Waals surface area contributed by atoms with Crippen LogP contribution >= 0.6 is 0 Å². The van der Waals surface area contributed by atoms with Gasteiger partial charge in [0.05, 0.1) is 6.61 Å². The predicted octanol–water partition coefficient (Wildman–Crippen LogP) is 3.87. The fourth-order valence-corrected chi connectivity index (χ4v) is 2.14. The Morgan fingerprint density at radius 1 is 1.32 bits per heavy atom. The third kappa shape index (κ3) is 2.57. The van der Waals surface area contributed by atoms with E-state index in [1.807, 2.05) is 32.0 Å². The standard InChI is InChI=1S/C15H18O4/c1-3-6-10-11-7-5-8-12(18-9-4-2)13(11)19-14(10)15(16)17/h5,7-8H,3-4,6,9H2,1-2H3,(H,16,17). The number of carboxylic acid groups (broad SMARTS) is 1. The second kappa shape index (κ2) is 5.78. The molecular formula is C15H18O4. The van der Waals surface area contributed by atoms with Crippen LogP contribution in [-0.2, 0) is 6.42 Å². The van der Waals surface area contributed by atoms with Gasteiger partial charge in [0.25, 0.3) is 0 Å². The number of para-hydroxylation sites is 1. The summed E-state index contributed by atoms with van der Waals surface area (Å²) in [6.45, 7) is 4.63. The topological polar surface area (TPSA) is 59.7 Å². The highest BCUT2D eigenvalue weighted by molar-refractivity contribution is 5.97. The summed E-state index contributed by atoms with van der Waals surface area (Å²) in [5.41, 5.74) is 1.30. The molecule has 0 saturated carbocycles. The lowest BCUT2D eigenvalue weighted by atomic mass is 10.1. The van der Waals surface area contributed by atoms with E-state index < -0.39 is 5.97 Å². The van der Waals surface area contributed by atoms with Crippen molar-refractivity contribution in [3.05, 3.63) is 29.5 Å². The molecule has 0 aliphatic carbocycles. The van der Waals surface area contributed by atoms with Crippen molar-refractivity contribution in [1.29, 1.82) is 0 Å². The molecule has 0 fully saturated rings. The lowest BCUT2D eigenvalue weighted by Gasteiger charge is -2.04. The Kier molecular flexibility index (Phi) is 4.10. The van der Waals surface area contributed by atoms with Gasteiger partial charge in [0, 0.05) is 10.9 Å². The molecule has 1 N–H and O–H groups in total. The van der Waals surface area contributed by atoms with E-state index in [-0.39, 0.29) is 5.76 Å². The molecule has 1 heterocycles. The number of hydrogen-bond acceptors (Lipinski definition) is 3. The zero-order valence-electron chi connectivity index (χ0n) is 11.2. The van der Waals surface area contributed by atoms with Gasteiger partial charge in [-0.05, 0) is 18.9 Å². The molecule has 102 valence electrons. The zero-order chi connectivity index (χ0) is 13.8. The van der Waals surface area contributed by atoms with Crippen LogP contribution in [-0.4, -0.2) is 17.7 Å². The van der Waals surface area contributed by atoms with Gasteiger partial charge < -0.3 is 14.3 Å². The van der Waals surface area contributed by atoms with Gasteiger partial charge in [-0.3, -0.25) is 0 Å². The van der Waals surface area contributed by atoms with Crippen LogP contribution in [0.2, 0.25) is 0 Å². The number of carbonyl (C=O) groups is 1. The molecule has 0 atom stereocenters. The molecule has 2 rings (SSSR count). The van der Waals surface area contributed by atoms with Crippen LogP contribution in [0.4, 0.5) is 0 Å². The van der Waals surface area contributed by atoms with Crippen molar-refractivity contribution in [2.75, 3.05) is 6.61 Å². The van der Waals surface area contributed by atoms with E-state index in [0.29, 0.717) is 24.4 Å². The maximum absolute atomic E-state index is 11.3. The van der Waals surface area contributed by atoms with Crippen molar-refractivity contribution in [3.8, 4) is 5.75 Å². The van der Waals surface area contributed by atoms with E-state index in [4.69, 9.17) is 9.15 Å². The summed E-state index contributed by atoms with van der Waals surface area (Å²) in [5, 5.41) is 10.1. The maximum Gasteiger partial charge on any atom is 0.372 e. The number of rotatable bonds is 6. The minimum atomic E-state index is -1.03. The van der Waals surface area contributed by atoms with Gasteiger partial charge in [-0.2, -0.15) is 0 Å². The molecular weight excluding hydrogens is 244 g/mol. The second-order valence-electron chi connectivity index (χ2n) is 4.45. The van der Waals surface area contributed by atoms with E-state index >= 15 is 0 Å². The smallest absolute Gasteiger partial charge is 0.372 e. The van der Waals surface area contributed by atoms with Gasteiger partial charge in [0.2, 0.25) is 5.76 Å². The lowest BCUT2D eigenvalue weighted by Crippen LogP contribution is -1.98. The summed E-state index contributed by atoms with van der Waals surface area (Å²) in [6, 6.07) is 5.56. The van der Waals surface area contributed by atoms with E-state index in [1.54, 1.807) is 0 Å². The Labute approximate surface area is 112 Å². The average Bonchev–Trinajstić information content (AvgIpc) is 2.77. The average molecular weight is 262 g/mol. The summed E-state index contributed by atoms with van der Waals surface area (Å²) in [4.78, 5) is 11.3. The van der Waals surface area contributed by atoms with Crippen LogP contribution in [0.3, 0.4) is 0 Å². The van der Waals surface area contributed by atoms with E-state index in [0.717, 1.165) is 23.8 Å². The lowest BCUT2D eigenvalue weighted by molar-refractivity contribution is 0.0663. The summed E-state index contributed by atoms with van der Waals surface area (Å²) < 4.78 is 11.1. The number of furan rings is 1. The van der Waals surface area contributed by atoms with Crippen molar-refractivity contribution in [3.63, 3.8) is 0 Å². The summed E-state index contributed by atoms with van der Waals surface area (Å²) in [5.74, 6) is -0.380. The molecule has 0 saturated heterocycles. The molecule has 1 aromatic carbocycles. The highest BCUT2D eigenvalue weighted by Gasteiger charge is 2.21. The van der Waals surface area contributed by atoms with Gasteiger partial charge in [-0.25, -0.2) is 4.79 Å². The SMILES string of the molecule is CCCOc1cccc2c(CCC)c(C(=O)O)oc12. The van der Waals surface area contributed by atoms with Crippen molar-refractivity contribution >= 4 is 16.9 Å². The Balaban J connectivity index is 2.57. The van der Waals surface area contributed by atoms with Crippen LogP contribution in [0.1, 0.15) is 42.8 Å². The van der Waals surface area contributed by atoms with Gasteiger partial charge >= 0.3 is 5.97 Å². The van der Waals surface area contributed by atoms with Crippen LogP contribution in [0.15, 0.2) is 22.6 Å². The summed E-state index contributed by atoms with van der Waals surface area (Å²) in [6.07, 6.45) is 2.45. The number of aromatic carboxylic acids is 1. The molecule has 0 unspecified atom stereocenters. The summed E-state index contributed by atoms with van der Waals surface area (Å²) in [7, 11) is 0. The molecule has 0 radical (unpaired) electrons. The first-order valence-corrected chi connectivity index (χ1v) is 6.59. The molecule has 0 amide bonds. The van der Waals surface area contributed by atoms with Crippen molar-refractivity contribution in [2.45, 2.75) is 33.1 Å². The Bertz CT molecular complexity index is 583. The van der Waals surface area contributed by atoms with Crippen LogP contribution in [0.25, 0.3) is 11.0 Å². The highest BCUT2D eigenvalue weighted by atomic mass is 16.5. The van der Waals surface area contributed by atoms with Crippen molar-refractivity contribution in [2.24, 2.45) is 0 Å². The molecule has 4 nitrogen and oxygen atoms in total. The molecule has 0 aliphatic rings. The number of benzene rings is 1. The minimum absolute atomic E-state index is 0.0319. The van der Waals surface area contributed by atoms with E-state index in [2.05, 4.69) is 0 Å². The molecule has 0 spiro atoms. The van der Waals surface area contributed by atoms with E-state index in [9.17, 15) is 9.90 Å². The Morgan fingerprint density at radius 2 is 2.11 bits per heavy atom. The third-order valence-corrected chi connectivity index (χ3v) is 2.94. The fraction of sp³-hybridized carbons (Fsp3) is 0.400. The minimum Gasteiger partial charge on any atom is -0.490 e. The quantitative estimate of drug-likeness (QED) is 0.858. The maximum atomic E-state index is 11.3. The number of ether oxygens (including phenoxy) is 1. The normalized spacial score (nSPS) is 10.8. The molecule has 4 heteroatoms. The molecule has 0 aliphatic heterocycles. The largest absolute Gasteiger partial charge is 0.490 e.